The third kappa shape index (κ3) is 3.38. The van der Waals surface area contributed by atoms with Crippen LogP contribution in [-0.4, -0.2) is 26.5 Å². The van der Waals surface area contributed by atoms with E-state index in [0.29, 0.717) is 0 Å². The number of hydrogen-bond acceptors (Lipinski definition) is 4. The summed E-state index contributed by atoms with van der Waals surface area (Å²) in [6.07, 6.45) is -0.189. The number of anilines is 2. The van der Waals surface area contributed by atoms with Gasteiger partial charge in [0.25, 0.3) is 0 Å². The molecular formula is C19H25N3OZr. The Balaban J connectivity index is 0.00000208. The Labute approximate surface area is 163 Å². The minimum atomic E-state index is -0.189. The Kier molecular flexibility index (Phi) is 6.11. The van der Waals surface area contributed by atoms with Gasteiger partial charge in [-0.05, 0) is 44.0 Å². The molecule has 5 heteroatoms. The molecule has 126 valence electrons. The molecule has 0 saturated carbocycles. The number of rotatable bonds is 3. The second kappa shape index (κ2) is 7.71. The average molecular weight is 403 g/mol. The largest absolute Gasteiger partial charge is 0.495 e. The van der Waals surface area contributed by atoms with E-state index in [1.165, 1.54) is 22.4 Å². The molecule has 1 atom stereocenters. The molecular weight excluding hydrogens is 377 g/mol. The average Bonchev–Trinajstić information content (AvgIpc) is 2.88. The zero-order valence-corrected chi connectivity index (χ0v) is 17.3. The molecule has 2 N–H and O–H groups in total. The standard InChI is InChI=1S/C19H25N3O.Zr/c1-13-11-14(2)18(15(3)12-13)22-10-9-21(19(22)20)16-7-5-6-8-17(16)23-4;/h5-8,11-12,19H,9-10,20H2,1-4H3;. The predicted octanol–water partition coefficient (Wildman–Crippen LogP) is 3.19. The summed E-state index contributed by atoms with van der Waals surface area (Å²) in [6, 6.07) is 12.5. The molecule has 1 fully saturated rings. The molecule has 1 unspecified atom stereocenters. The summed E-state index contributed by atoms with van der Waals surface area (Å²) in [5, 5.41) is 0. The van der Waals surface area contributed by atoms with Gasteiger partial charge in [0.1, 0.15) is 5.75 Å². The van der Waals surface area contributed by atoms with Crippen LogP contribution in [0.25, 0.3) is 0 Å². The number of para-hydroxylation sites is 2. The van der Waals surface area contributed by atoms with E-state index in [9.17, 15) is 0 Å². The molecule has 0 amide bonds. The molecule has 0 bridgehead atoms. The van der Waals surface area contributed by atoms with Crippen molar-refractivity contribution in [2.75, 3.05) is 30.0 Å². The summed E-state index contributed by atoms with van der Waals surface area (Å²) in [5.41, 5.74) is 12.7. The number of methoxy groups -OCH3 is 1. The number of ether oxygens (including phenoxy) is 1. The first-order valence-corrected chi connectivity index (χ1v) is 8.02. The Morgan fingerprint density at radius 2 is 1.58 bits per heavy atom. The fourth-order valence-corrected chi connectivity index (χ4v) is 3.65. The van der Waals surface area contributed by atoms with Crippen molar-refractivity contribution in [1.29, 1.82) is 0 Å². The molecule has 4 nitrogen and oxygen atoms in total. The maximum atomic E-state index is 6.58. The van der Waals surface area contributed by atoms with Gasteiger partial charge in [-0.2, -0.15) is 0 Å². The molecule has 2 aromatic rings. The predicted molar refractivity (Wildman–Crippen MR) is 96.3 cm³/mol. The van der Waals surface area contributed by atoms with Crippen molar-refractivity contribution in [1.82, 2.24) is 0 Å². The number of hydrogen-bond donors (Lipinski definition) is 1. The molecule has 1 aliphatic heterocycles. The summed E-state index contributed by atoms with van der Waals surface area (Å²) in [6.45, 7) is 8.24. The minimum Gasteiger partial charge on any atom is -0.495 e. The van der Waals surface area contributed by atoms with Crippen LogP contribution in [0.4, 0.5) is 11.4 Å². The maximum absolute atomic E-state index is 6.58. The zero-order chi connectivity index (χ0) is 16.6. The first-order chi connectivity index (χ1) is 11.0. The van der Waals surface area contributed by atoms with Crippen molar-refractivity contribution < 1.29 is 30.9 Å². The van der Waals surface area contributed by atoms with E-state index in [2.05, 4.69) is 48.8 Å². The van der Waals surface area contributed by atoms with Crippen molar-refractivity contribution in [2.24, 2.45) is 5.73 Å². The Hall–Kier alpha value is -1.32. The Morgan fingerprint density at radius 1 is 1.00 bits per heavy atom. The van der Waals surface area contributed by atoms with Gasteiger partial charge in [0.2, 0.25) is 0 Å². The first kappa shape index (κ1) is 19.0. The van der Waals surface area contributed by atoms with E-state index >= 15 is 0 Å². The van der Waals surface area contributed by atoms with Gasteiger partial charge >= 0.3 is 0 Å². The van der Waals surface area contributed by atoms with Gasteiger partial charge in [0.15, 0.2) is 6.29 Å². The second-order valence-electron chi connectivity index (χ2n) is 6.22. The van der Waals surface area contributed by atoms with Crippen LogP contribution in [0.3, 0.4) is 0 Å². The first-order valence-electron chi connectivity index (χ1n) is 8.02. The zero-order valence-electron chi connectivity index (χ0n) is 14.8. The van der Waals surface area contributed by atoms with Gasteiger partial charge in [-0.1, -0.05) is 29.8 Å². The van der Waals surface area contributed by atoms with Crippen LogP contribution in [0.15, 0.2) is 36.4 Å². The van der Waals surface area contributed by atoms with Crippen molar-refractivity contribution in [3.63, 3.8) is 0 Å². The summed E-state index contributed by atoms with van der Waals surface area (Å²) >= 11 is 0. The van der Waals surface area contributed by atoms with Crippen LogP contribution in [0, 0.1) is 20.8 Å². The van der Waals surface area contributed by atoms with Crippen molar-refractivity contribution >= 4 is 11.4 Å². The van der Waals surface area contributed by atoms with Crippen LogP contribution in [0.1, 0.15) is 16.7 Å². The smallest absolute Gasteiger partial charge is 0.155 e. The summed E-state index contributed by atoms with van der Waals surface area (Å²) in [7, 11) is 1.70. The molecule has 0 spiro atoms. The quantitative estimate of drug-likeness (QED) is 0.856. The van der Waals surface area contributed by atoms with Gasteiger partial charge in [-0.3, -0.25) is 5.73 Å². The van der Waals surface area contributed by atoms with Crippen LogP contribution in [-0.2, 0) is 26.2 Å². The van der Waals surface area contributed by atoms with E-state index in [4.69, 9.17) is 10.5 Å². The minimum absolute atomic E-state index is 0. The van der Waals surface area contributed by atoms with E-state index < -0.39 is 0 Å². The molecule has 3 rings (SSSR count). The number of benzene rings is 2. The van der Waals surface area contributed by atoms with Gasteiger partial charge in [-0.15, -0.1) is 0 Å². The molecule has 0 aromatic heterocycles. The molecule has 0 radical (unpaired) electrons. The summed E-state index contributed by atoms with van der Waals surface area (Å²) < 4.78 is 5.49. The molecule has 2 aromatic carbocycles. The number of nitrogens with two attached hydrogens (primary N) is 1. The second-order valence-corrected chi connectivity index (χ2v) is 6.22. The number of nitrogens with zero attached hydrogens (tertiary/aromatic N) is 2. The molecule has 1 heterocycles. The molecule has 1 saturated heterocycles. The van der Waals surface area contributed by atoms with Crippen LogP contribution < -0.4 is 20.3 Å². The van der Waals surface area contributed by atoms with Crippen molar-refractivity contribution in [2.45, 2.75) is 27.1 Å². The monoisotopic (exact) mass is 401 g/mol. The van der Waals surface area contributed by atoms with Crippen LogP contribution in [0.2, 0.25) is 0 Å². The molecule has 1 aliphatic rings. The number of aryl methyl sites for hydroxylation is 3. The third-order valence-corrected chi connectivity index (χ3v) is 4.54. The van der Waals surface area contributed by atoms with E-state index in [1.807, 2.05) is 18.2 Å². The third-order valence-electron chi connectivity index (χ3n) is 4.54. The van der Waals surface area contributed by atoms with Crippen molar-refractivity contribution in [3.05, 3.63) is 53.1 Å². The topological polar surface area (TPSA) is 41.7 Å². The van der Waals surface area contributed by atoms with Gasteiger partial charge in [0.05, 0.1) is 12.8 Å². The summed E-state index contributed by atoms with van der Waals surface area (Å²) in [5.74, 6) is 0.863. The maximum Gasteiger partial charge on any atom is 0.155 e. The fourth-order valence-electron chi connectivity index (χ4n) is 3.65. The van der Waals surface area contributed by atoms with Crippen LogP contribution in [0.5, 0.6) is 5.75 Å². The normalized spacial score (nSPS) is 17.0. The van der Waals surface area contributed by atoms with Gasteiger partial charge in [0, 0.05) is 45.0 Å². The van der Waals surface area contributed by atoms with Crippen LogP contribution >= 0.6 is 0 Å². The SMILES string of the molecule is COc1ccccc1N1CCN(c2c(C)cc(C)cc2C)C1N.[Zr]. The van der Waals surface area contributed by atoms with Gasteiger partial charge in [-0.25, -0.2) is 0 Å². The van der Waals surface area contributed by atoms with Gasteiger partial charge < -0.3 is 14.5 Å². The van der Waals surface area contributed by atoms with Crippen molar-refractivity contribution in [3.8, 4) is 5.75 Å². The fraction of sp³-hybridized carbons (Fsp3) is 0.368. The van der Waals surface area contributed by atoms with E-state index in [0.717, 1.165) is 24.5 Å². The Morgan fingerprint density at radius 3 is 2.21 bits per heavy atom. The summed E-state index contributed by atoms with van der Waals surface area (Å²) in [4.78, 5) is 4.49. The van der Waals surface area contributed by atoms with E-state index in [1.54, 1.807) is 7.11 Å². The van der Waals surface area contributed by atoms with E-state index in [-0.39, 0.29) is 32.5 Å². The molecule has 24 heavy (non-hydrogen) atoms. The Bertz CT molecular complexity index is 697. The molecule has 0 aliphatic carbocycles.